The summed E-state index contributed by atoms with van der Waals surface area (Å²) in [6, 6.07) is 8.91. The highest BCUT2D eigenvalue weighted by Crippen LogP contribution is 2.57. The van der Waals surface area contributed by atoms with Crippen molar-refractivity contribution in [2.45, 2.75) is 40.9 Å². The van der Waals surface area contributed by atoms with E-state index in [0.717, 1.165) is 5.56 Å². The smallest absolute Gasteiger partial charge is 0.330 e. The lowest BCUT2D eigenvalue weighted by molar-refractivity contribution is -0.164. The average molecular weight is 399 g/mol. The highest BCUT2D eigenvalue weighted by molar-refractivity contribution is 9.10. The molecule has 2 aliphatic heterocycles. The largest absolute Gasteiger partial charge is 0.459 e. The lowest BCUT2D eigenvalue weighted by Crippen LogP contribution is -2.73. The lowest BCUT2D eigenvalue weighted by atomic mass is 9.91. The molecule has 2 N–H and O–H groups in total. The molecule has 1 amide bonds. The number of carbonyl (C=O) groups excluding carboxylic acids is 2. The van der Waals surface area contributed by atoms with E-state index >= 15 is 0 Å². The van der Waals surface area contributed by atoms with Crippen LogP contribution in [-0.2, 0) is 20.9 Å². The molecule has 124 valence electrons. The van der Waals surface area contributed by atoms with Crippen LogP contribution in [-0.4, -0.2) is 43.8 Å². The van der Waals surface area contributed by atoms with Crippen LogP contribution >= 0.6 is 27.7 Å². The molecular formula is C16H19BrN2O3S. The van der Waals surface area contributed by atoms with E-state index in [2.05, 4.69) is 15.9 Å². The van der Waals surface area contributed by atoms with Crippen molar-refractivity contribution in [3.63, 3.8) is 0 Å². The van der Waals surface area contributed by atoms with Crippen LogP contribution < -0.4 is 5.73 Å². The molecule has 2 saturated heterocycles. The first-order valence-electron chi connectivity index (χ1n) is 7.41. The number of carbonyl (C=O) groups is 2. The molecule has 1 aromatic carbocycles. The third kappa shape index (κ3) is 2.58. The fourth-order valence-corrected chi connectivity index (χ4v) is 5.40. The number of β-lactam (4-membered cyclic amide) rings is 1. The number of halogens is 1. The van der Waals surface area contributed by atoms with Gasteiger partial charge in [0.15, 0.2) is 0 Å². The zero-order valence-electron chi connectivity index (χ0n) is 13.0. The Morgan fingerprint density at radius 3 is 2.65 bits per heavy atom. The summed E-state index contributed by atoms with van der Waals surface area (Å²) in [6.45, 7) is 4.34. The third-order valence-electron chi connectivity index (χ3n) is 4.33. The Morgan fingerprint density at radius 2 is 2.04 bits per heavy atom. The van der Waals surface area contributed by atoms with Crippen molar-refractivity contribution in [3.8, 4) is 0 Å². The molecular weight excluding hydrogens is 380 g/mol. The molecule has 0 saturated carbocycles. The predicted molar refractivity (Wildman–Crippen MR) is 93.0 cm³/mol. The minimum atomic E-state index is -0.761. The Bertz CT molecular complexity index is 639. The van der Waals surface area contributed by atoms with Crippen LogP contribution in [0.25, 0.3) is 0 Å². The van der Waals surface area contributed by atoms with E-state index in [1.807, 2.05) is 44.2 Å². The van der Waals surface area contributed by atoms with Crippen molar-refractivity contribution < 1.29 is 14.3 Å². The van der Waals surface area contributed by atoms with Gasteiger partial charge >= 0.3 is 5.97 Å². The Labute approximate surface area is 148 Å². The van der Waals surface area contributed by atoms with Crippen molar-refractivity contribution >= 4 is 39.6 Å². The van der Waals surface area contributed by atoms with Gasteiger partial charge in [0.05, 0.1) is 0 Å². The number of nitrogens with two attached hydrogens (primary N) is 1. The van der Waals surface area contributed by atoms with Gasteiger partial charge in [-0.1, -0.05) is 46.3 Å². The van der Waals surface area contributed by atoms with E-state index in [1.54, 1.807) is 16.7 Å². The van der Waals surface area contributed by atoms with Crippen LogP contribution in [0.5, 0.6) is 0 Å². The quantitative estimate of drug-likeness (QED) is 0.476. The minimum absolute atomic E-state index is 0.135. The molecule has 23 heavy (non-hydrogen) atoms. The Kier molecular flexibility index (Phi) is 4.23. The van der Waals surface area contributed by atoms with Crippen molar-refractivity contribution in [2.24, 2.45) is 5.73 Å². The molecule has 7 heteroatoms. The SMILES string of the molecule is CC1(C)S[C@H]2N(C(=O)[C@]2(Br)CN)[C@H]1C(=O)OCc1ccccc1. The number of ether oxygens (including phenoxy) is 1. The summed E-state index contributed by atoms with van der Waals surface area (Å²) in [7, 11) is 0. The first kappa shape index (κ1) is 16.8. The van der Waals surface area contributed by atoms with Crippen LogP contribution in [0, 0.1) is 0 Å². The number of hydrogen-bond acceptors (Lipinski definition) is 5. The van der Waals surface area contributed by atoms with E-state index < -0.39 is 15.1 Å². The fraction of sp³-hybridized carbons (Fsp3) is 0.500. The first-order valence-corrected chi connectivity index (χ1v) is 9.08. The maximum atomic E-state index is 12.6. The second-order valence-corrected chi connectivity index (χ2v) is 9.50. The first-order chi connectivity index (χ1) is 10.8. The van der Waals surface area contributed by atoms with Crippen molar-refractivity contribution in [2.75, 3.05) is 6.54 Å². The van der Waals surface area contributed by atoms with E-state index in [1.165, 1.54) is 0 Å². The maximum absolute atomic E-state index is 12.6. The molecule has 0 radical (unpaired) electrons. The highest BCUT2D eigenvalue weighted by atomic mass is 79.9. The molecule has 2 heterocycles. The number of rotatable bonds is 4. The van der Waals surface area contributed by atoms with Gasteiger partial charge in [-0.2, -0.15) is 0 Å². The van der Waals surface area contributed by atoms with Crippen LogP contribution in [0.1, 0.15) is 19.4 Å². The van der Waals surface area contributed by atoms with Crippen molar-refractivity contribution in [1.29, 1.82) is 0 Å². The van der Waals surface area contributed by atoms with Gasteiger partial charge in [-0.25, -0.2) is 4.79 Å². The summed E-state index contributed by atoms with van der Waals surface area (Å²) in [5.74, 6) is -0.501. The lowest BCUT2D eigenvalue weighted by Gasteiger charge is -2.49. The van der Waals surface area contributed by atoms with E-state index in [0.29, 0.717) is 0 Å². The van der Waals surface area contributed by atoms with Gasteiger partial charge in [-0.15, -0.1) is 11.8 Å². The van der Waals surface area contributed by atoms with Gasteiger partial charge in [-0.05, 0) is 19.4 Å². The summed E-state index contributed by atoms with van der Waals surface area (Å²) in [6.07, 6.45) is 0. The number of fused-ring (bicyclic) bond motifs is 1. The van der Waals surface area contributed by atoms with Gasteiger partial charge < -0.3 is 15.4 Å². The zero-order valence-corrected chi connectivity index (χ0v) is 15.4. The zero-order chi connectivity index (χ0) is 16.8. The van der Waals surface area contributed by atoms with Crippen molar-refractivity contribution in [1.82, 2.24) is 4.90 Å². The Hall–Kier alpha value is -1.05. The summed E-state index contributed by atoms with van der Waals surface area (Å²) >= 11 is 5.04. The van der Waals surface area contributed by atoms with Gasteiger partial charge in [0, 0.05) is 11.3 Å². The van der Waals surface area contributed by atoms with E-state index in [-0.39, 0.29) is 30.4 Å². The van der Waals surface area contributed by atoms with Crippen LogP contribution in [0.15, 0.2) is 30.3 Å². The molecule has 0 aliphatic carbocycles. The number of benzene rings is 1. The number of amides is 1. The summed E-state index contributed by atoms with van der Waals surface area (Å²) in [5, 5.41) is -0.135. The molecule has 2 aliphatic rings. The second-order valence-electron chi connectivity index (χ2n) is 6.35. The molecule has 3 rings (SSSR count). The predicted octanol–water partition coefficient (Wildman–Crippen LogP) is 1.88. The number of hydrogen-bond donors (Lipinski definition) is 1. The number of nitrogens with zero attached hydrogens (tertiary/aromatic N) is 1. The van der Waals surface area contributed by atoms with Crippen LogP contribution in [0.2, 0.25) is 0 Å². The van der Waals surface area contributed by atoms with Crippen LogP contribution in [0.4, 0.5) is 0 Å². The second kappa shape index (κ2) is 5.79. The average Bonchev–Trinajstić information content (AvgIpc) is 2.82. The molecule has 0 aromatic heterocycles. The third-order valence-corrected chi connectivity index (χ3v) is 7.41. The van der Waals surface area contributed by atoms with Gasteiger partial charge in [0.25, 0.3) is 0 Å². The van der Waals surface area contributed by atoms with Gasteiger partial charge in [0.2, 0.25) is 5.91 Å². The molecule has 5 nitrogen and oxygen atoms in total. The highest BCUT2D eigenvalue weighted by Gasteiger charge is 2.70. The van der Waals surface area contributed by atoms with Gasteiger partial charge in [-0.3, -0.25) is 4.79 Å². The monoisotopic (exact) mass is 398 g/mol. The number of alkyl halides is 1. The van der Waals surface area contributed by atoms with Gasteiger partial charge in [0.1, 0.15) is 22.3 Å². The molecule has 3 atom stereocenters. The standard InChI is InChI=1S/C16H19BrN2O3S/c1-15(2)11(12(20)22-8-10-6-4-3-5-7-10)19-13(21)16(17,9-18)14(19)23-15/h3-7,11,14H,8-9,18H2,1-2H3/t11-,14+,16+/m0/s1. The molecule has 0 bridgehead atoms. The maximum Gasteiger partial charge on any atom is 0.330 e. The molecule has 1 aromatic rings. The molecule has 2 fully saturated rings. The van der Waals surface area contributed by atoms with E-state index in [4.69, 9.17) is 10.5 Å². The Balaban J connectivity index is 1.74. The summed E-state index contributed by atoms with van der Waals surface area (Å²) < 4.78 is 4.28. The normalized spacial score (nSPS) is 31.5. The summed E-state index contributed by atoms with van der Waals surface area (Å²) in [5.41, 5.74) is 6.66. The number of esters is 1. The number of thioether (sulfide) groups is 1. The van der Waals surface area contributed by atoms with Crippen LogP contribution in [0.3, 0.4) is 0 Å². The van der Waals surface area contributed by atoms with E-state index in [9.17, 15) is 9.59 Å². The topological polar surface area (TPSA) is 72.6 Å². The molecule has 0 spiro atoms. The molecule has 0 unspecified atom stereocenters. The Morgan fingerprint density at radius 1 is 1.39 bits per heavy atom. The summed E-state index contributed by atoms with van der Waals surface area (Å²) in [4.78, 5) is 26.7. The fourth-order valence-electron chi connectivity index (χ4n) is 3.06. The minimum Gasteiger partial charge on any atom is -0.459 e. The van der Waals surface area contributed by atoms with Crippen molar-refractivity contribution in [3.05, 3.63) is 35.9 Å².